The molecule has 3 N–H and O–H groups in total. The van der Waals surface area contributed by atoms with Gasteiger partial charge in [-0.2, -0.15) is 0 Å². The summed E-state index contributed by atoms with van der Waals surface area (Å²) in [5.41, 5.74) is 6.41. The predicted molar refractivity (Wildman–Crippen MR) is 204 cm³/mol. The number of nitrogens with zero attached hydrogens (tertiary/aromatic N) is 1. The van der Waals surface area contributed by atoms with Crippen molar-refractivity contribution in [3.05, 3.63) is 0 Å². The van der Waals surface area contributed by atoms with E-state index in [4.69, 9.17) is 5.73 Å². The molecule has 268 valence electrons. The molecule has 0 spiro atoms. The van der Waals surface area contributed by atoms with E-state index < -0.39 is 0 Å². The highest BCUT2D eigenvalue weighted by Gasteiger charge is 2.38. The fraction of sp³-hybridized carbons (Fsp3) is 0.976. The molecule has 1 aliphatic heterocycles. The van der Waals surface area contributed by atoms with Crippen molar-refractivity contribution in [1.82, 2.24) is 5.32 Å². The molecular weight excluding hydrogens is 546 g/mol. The number of nitrogens with two attached hydrogens (primary N) is 1. The van der Waals surface area contributed by atoms with Gasteiger partial charge in [0, 0.05) is 6.42 Å². The zero-order valence-electron chi connectivity index (χ0n) is 31.9. The molecule has 2 atom stereocenters. The smallest absolute Gasteiger partial charge is 0.248 e. The lowest BCUT2D eigenvalue weighted by Gasteiger charge is -2.30. The second kappa shape index (κ2) is 30.7. The maximum absolute atomic E-state index is 6.20. The highest BCUT2D eigenvalue weighted by Crippen LogP contribution is 2.27. The summed E-state index contributed by atoms with van der Waals surface area (Å²) < 4.78 is 2.76. The minimum atomic E-state index is 0.216. The van der Waals surface area contributed by atoms with E-state index in [1.165, 1.54) is 205 Å². The standard InChI is InChI=1S/C42H85N3/c1-5-7-9-11-13-15-17-19-21-22-24-26-28-30-32-34-40(3)41-44-38-39-45(41)42(4,36-37-43)35-33-31-29-27-25-23-20-18-16-14-12-10-8-6-2/h40H,5-39,43H2,1-4H3/p+1. The van der Waals surface area contributed by atoms with Gasteiger partial charge in [-0.15, -0.1) is 0 Å². The Morgan fingerprint density at radius 1 is 0.556 bits per heavy atom. The zero-order chi connectivity index (χ0) is 32.7. The van der Waals surface area contributed by atoms with Crippen molar-refractivity contribution in [2.75, 3.05) is 19.6 Å². The Hall–Kier alpha value is -0.570. The number of hydrogen-bond acceptors (Lipinski definition) is 2. The first kappa shape index (κ1) is 42.5. The van der Waals surface area contributed by atoms with Gasteiger partial charge in [-0.3, -0.25) is 9.89 Å². The summed E-state index contributed by atoms with van der Waals surface area (Å²) in [6, 6.07) is 0. The van der Waals surface area contributed by atoms with Crippen LogP contribution in [0.15, 0.2) is 0 Å². The van der Waals surface area contributed by atoms with Crippen LogP contribution in [0.2, 0.25) is 0 Å². The van der Waals surface area contributed by atoms with Crippen molar-refractivity contribution in [1.29, 1.82) is 0 Å². The average Bonchev–Trinajstić information content (AvgIpc) is 3.54. The van der Waals surface area contributed by atoms with Gasteiger partial charge in [0.2, 0.25) is 5.84 Å². The lowest BCUT2D eigenvalue weighted by molar-refractivity contribution is -0.601. The zero-order valence-corrected chi connectivity index (χ0v) is 31.9. The second-order valence-corrected chi connectivity index (χ2v) is 15.5. The number of nitrogens with one attached hydrogen (secondary N) is 1. The minimum absolute atomic E-state index is 0.216. The maximum Gasteiger partial charge on any atom is 0.248 e. The van der Waals surface area contributed by atoms with Crippen LogP contribution in [0.25, 0.3) is 0 Å². The highest BCUT2D eigenvalue weighted by molar-refractivity contribution is 5.80. The summed E-state index contributed by atoms with van der Waals surface area (Å²) >= 11 is 0. The van der Waals surface area contributed by atoms with E-state index in [-0.39, 0.29) is 5.54 Å². The van der Waals surface area contributed by atoms with Crippen molar-refractivity contribution < 1.29 is 4.58 Å². The molecule has 0 amide bonds. The van der Waals surface area contributed by atoms with Crippen molar-refractivity contribution in [3.8, 4) is 0 Å². The topological polar surface area (TPSA) is 41.1 Å². The van der Waals surface area contributed by atoms with E-state index in [9.17, 15) is 0 Å². The Morgan fingerprint density at radius 3 is 1.29 bits per heavy atom. The first-order valence-electron chi connectivity index (χ1n) is 21.2. The summed E-state index contributed by atoms with van der Waals surface area (Å²) in [6.07, 6.45) is 45.4. The summed E-state index contributed by atoms with van der Waals surface area (Å²) in [4.78, 5) is 0. The van der Waals surface area contributed by atoms with Crippen LogP contribution >= 0.6 is 0 Å². The molecule has 45 heavy (non-hydrogen) atoms. The quantitative estimate of drug-likeness (QED) is 0.0539. The molecule has 3 heteroatoms. The molecule has 1 rings (SSSR count). The third-order valence-electron chi connectivity index (χ3n) is 11.0. The van der Waals surface area contributed by atoms with Crippen LogP contribution in [-0.2, 0) is 0 Å². The Kier molecular flexibility index (Phi) is 29.0. The SMILES string of the molecule is CCCCCCCCCCCCCCCCCC(C)C1=[N+](C(C)(CCN)CCCCCCCCCCCCCCCC)CCN1. The molecule has 0 saturated heterocycles. The van der Waals surface area contributed by atoms with Gasteiger partial charge in [0.05, 0.1) is 5.92 Å². The van der Waals surface area contributed by atoms with Crippen LogP contribution in [0.4, 0.5) is 0 Å². The monoisotopic (exact) mass is 633 g/mol. The molecule has 0 aromatic carbocycles. The molecule has 0 aliphatic carbocycles. The van der Waals surface area contributed by atoms with E-state index in [1.807, 2.05) is 0 Å². The van der Waals surface area contributed by atoms with E-state index >= 15 is 0 Å². The molecule has 0 bridgehead atoms. The van der Waals surface area contributed by atoms with Crippen molar-refractivity contribution in [2.24, 2.45) is 11.7 Å². The molecule has 0 aromatic rings. The number of amidine groups is 1. The van der Waals surface area contributed by atoms with Crippen LogP contribution in [0.1, 0.15) is 233 Å². The summed E-state index contributed by atoms with van der Waals surface area (Å²) in [7, 11) is 0. The number of unbranched alkanes of at least 4 members (excludes halogenated alkanes) is 27. The third-order valence-corrected chi connectivity index (χ3v) is 11.0. The van der Waals surface area contributed by atoms with Gasteiger partial charge < -0.3 is 5.73 Å². The van der Waals surface area contributed by atoms with Crippen LogP contribution < -0.4 is 11.1 Å². The van der Waals surface area contributed by atoms with Crippen LogP contribution in [0.5, 0.6) is 0 Å². The minimum Gasteiger partial charge on any atom is -0.330 e. The molecular formula is C42H86N3+. The molecule has 0 aromatic heterocycles. The molecule has 0 fully saturated rings. The molecule has 1 aliphatic rings. The largest absolute Gasteiger partial charge is 0.330 e. The van der Waals surface area contributed by atoms with Gasteiger partial charge in [0.1, 0.15) is 18.6 Å². The van der Waals surface area contributed by atoms with Crippen molar-refractivity contribution in [2.45, 2.75) is 239 Å². The fourth-order valence-electron chi connectivity index (χ4n) is 7.88. The van der Waals surface area contributed by atoms with Crippen LogP contribution in [-0.4, -0.2) is 35.6 Å². The highest BCUT2D eigenvalue weighted by atomic mass is 15.2. The van der Waals surface area contributed by atoms with E-state index in [0.717, 1.165) is 26.1 Å². The maximum atomic E-state index is 6.20. The van der Waals surface area contributed by atoms with Crippen LogP contribution in [0.3, 0.4) is 0 Å². The van der Waals surface area contributed by atoms with Crippen molar-refractivity contribution >= 4 is 5.84 Å². The molecule has 2 unspecified atom stereocenters. The molecule has 0 saturated carbocycles. The van der Waals surface area contributed by atoms with Crippen LogP contribution in [0, 0.1) is 5.92 Å². The van der Waals surface area contributed by atoms with Gasteiger partial charge in [-0.05, 0) is 32.7 Å². The van der Waals surface area contributed by atoms with Gasteiger partial charge >= 0.3 is 0 Å². The Balaban J connectivity index is 2.17. The molecule has 1 heterocycles. The van der Waals surface area contributed by atoms with Gasteiger partial charge in [-0.1, -0.05) is 201 Å². The fourth-order valence-corrected chi connectivity index (χ4v) is 7.88. The third kappa shape index (κ3) is 22.6. The second-order valence-electron chi connectivity index (χ2n) is 15.5. The summed E-state index contributed by atoms with van der Waals surface area (Å²) in [5.74, 6) is 2.17. The van der Waals surface area contributed by atoms with E-state index in [0.29, 0.717) is 5.92 Å². The van der Waals surface area contributed by atoms with E-state index in [2.05, 4.69) is 37.6 Å². The average molecular weight is 633 g/mol. The lowest BCUT2D eigenvalue weighted by Crippen LogP contribution is -2.45. The van der Waals surface area contributed by atoms with Gasteiger partial charge in [0.25, 0.3) is 0 Å². The summed E-state index contributed by atoms with van der Waals surface area (Å²) in [6.45, 7) is 12.7. The van der Waals surface area contributed by atoms with Gasteiger partial charge in [-0.25, -0.2) is 0 Å². The predicted octanol–water partition coefficient (Wildman–Crippen LogP) is 12.9. The summed E-state index contributed by atoms with van der Waals surface area (Å²) in [5, 5.41) is 3.83. The Bertz CT molecular complexity index is 658. The van der Waals surface area contributed by atoms with E-state index in [1.54, 1.807) is 0 Å². The normalized spacial score (nSPS) is 15.5. The molecule has 0 radical (unpaired) electrons. The number of rotatable bonds is 35. The van der Waals surface area contributed by atoms with Gasteiger partial charge in [0.15, 0.2) is 0 Å². The molecule has 3 nitrogen and oxygen atoms in total. The Morgan fingerprint density at radius 2 is 0.911 bits per heavy atom. The lowest BCUT2D eigenvalue weighted by atomic mass is 9.88. The first-order valence-corrected chi connectivity index (χ1v) is 21.2. The first-order chi connectivity index (χ1) is 22.1. The van der Waals surface area contributed by atoms with Crippen molar-refractivity contribution in [3.63, 3.8) is 0 Å². The number of hydrogen-bond donors (Lipinski definition) is 2. The Labute approximate surface area is 285 Å².